The number of nitrogens with one attached hydrogen (secondary N) is 1. The first kappa shape index (κ1) is 11.3. The van der Waals surface area contributed by atoms with Gasteiger partial charge in [0.15, 0.2) is 5.96 Å². The van der Waals surface area contributed by atoms with Crippen molar-refractivity contribution in [2.75, 3.05) is 6.61 Å². The van der Waals surface area contributed by atoms with Crippen LogP contribution in [-0.4, -0.2) is 29.8 Å². The second kappa shape index (κ2) is 5.20. The molecular weight excluding hydrogens is 178 g/mol. The van der Waals surface area contributed by atoms with Gasteiger partial charge in [-0.25, -0.2) is 4.99 Å². The summed E-state index contributed by atoms with van der Waals surface area (Å²) in [6.45, 7) is 4.28. The maximum absolute atomic E-state index is 9.10. The first-order chi connectivity index (χ1) is 6.63. The van der Waals surface area contributed by atoms with Gasteiger partial charge in [0, 0.05) is 18.6 Å². The van der Waals surface area contributed by atoms with Crippen molar-refractivity contribution < 1.29 is 5.11 Å². The Morgan fingerprint density at radius 1 is 1.57 bits per heavy atom. The summed E-state index contributed by atoms with van der Waals surface area (Å²) in [6, 6.07) is 0.527. The van der Waals surface area contributed by atoms with E-state index in [1.54, 1.807) is 0 Å². The van der Waals surface area contributed by atoms with Crippen LogP contribution in [0.15, 0.2) is 4.99 Å². The fourth-order valence-electron chi connectivity index (χ4n) is 1.91. The number of aliphatic hydroxyl groups excluding tert-OH is 1. The summed E-state index contributed by atoms with van der Waals surface area (Å²) in [6.07, 6.45) is 3.26. The second-order valence-corrected chi connectivity index (χ2v) is 4.25. The minimum Gasteiger partial charge on any atom is -0.396 e. The number of hydrogen-bond acceptors (Lipinski definition) is 2. The molecule has 0 spiro atoms. The molecule has 1 rings (SSSR count). The second-order valence-electron chi connectivity index (χ2n) is 4.25. The Bertz CT molecular complexity index is 204. The lowest BCUT2D eigenvalue weighted by molar-refractivity contribution is 0.218. The molecule has 1 saturated carbocycles. The topological polar surface area (TPSA) is 70.6 Å². The molecule has 4 heteroatoms. The number of rotatable bonds is 3. The van der Waals surface area contributed by atoms with Crippen molar-refractivity contribution in [3.63, 3.8) is 0 Å². The van der Waals surface area contributed by atoms with E-state index >= 15 is 0 Å². The molecule has 4 nitrogen and oxygen atoms in total. The van der Waals surface area contributed by atoms with Gasteiger partial charge in [-0.1, -0.05) is 6.42 Å². The van der Waals surface area contributed by atoms with E-state index in [0.717, 1.165) is 19.3 Å². The van der Waals surface area contributed by atoms with Crippen LogP contribution in [0.4, 0.5) is 0 Å². The van der Waals surface area contributed by atoms with Crippen LogP contribution in [0.1, 0.15) is 33.1 Å². The number of hydrogen-bond donors (Lipinski definition) is 3. The van der Waals surface area contributed by atoms with Crippen LogP contribution in [0.5, 0.6) is 0 Å². The average molecular weight is 199 g/mol. The third-order valence-electron chi connectivity index (χ3n) is 2.59. The van der Waals surface area contributed by atoms with E-state index < -0.39 is 0 Å². The van der Waals surface area contributed by atoms with Crippen LogP contribution in [0.2, 0.25) is 0 Å². The third kappa shape index (κ3) is 3.18. The van der Waals surface area contributed by atoms with Gasteiger partial charge in [-0.3, -0.25) is 0 Å². The Labute approximate surface area is 85.6 Å². The molecule has 0 aromatic heterocycles. The highest BCUT2D eigenvalue weighted by molar-refractivity contribution is 5.78. The number of aliphatic hydroxyl groups is 1. The summed E-state index contributed by atoms with van der Waals surface area (Å²) in [7, 11) is 0. The molecule has 0 bridgehead atoms. The van der Waals surface area contributed by atoms with Crippen molar-refractivity contribution in [1.82, 2.24) is 5.32 Å². The summed E-state index contributed by atoms with van der Waals surface area (Å²) in [5.41, 5.74) is 5.73. The molecule has 0 saturated heterocycles. The zero-order valence-electron chi connectivity index (χ0n) is 9.03. The monoisotopic (exact) mass is 199 g/mol. The summed E-state index contributed by atoms with van der Waals surface area (Å²) in [5, 5.41) is 12.2. The van der Waals surface area contributed by atoms with Gasteiger partial charge in [-0.2, -0.15) is 0 Å². The number of guanidine groups is 1. The predicted molar refractivity (Wildman–Crippen MR) is 58.1 cm³/mol. The quantitative estimate of drug-likeness (QED) is 0.457. The molecular formula is C10H21N3O. The highest BCUT2D eigenvalue weighted by atomic mass is 16.3. The molecule has 0 heterocycles. The van der Waals surface area contributed by atoms with E-state index in [0.29, 0.717) is 17.9 Å². The van der Waals surface area contributed by atoms with Crippen molar-refractivity contribution in [3.05, 3.63) is 0 Å². The van der Waals surface area contributed by atoms with Gasteiger partial charge in [0.05, 0.1) is 6.04 Å². The number of aliphatic imine (C=N–C) groups is 1. The molecule has 1 fully saturated rings. The zero-order valence-corrected chi connectivity index (χ0v) is 9.03. The Kier molecular flexibility index (Phi) is 4.20. The van der Waals surface area contributed by atoms with Gasteiger partial charge in [-0.05, 0) is 26.7 Å². The standard InChI is InChI=1S/C10H21N3O/c1-7(2)12-10(11)13-9-5-3-4-8(9)6-14/h7-9,14H,3-6H2,1-2H3,(H3,11,12,13). The molecule has 0 amide bonds. The van der Waals surface area contributed by atoms with E-state index in [1.807, 2.05) is 13.8 Å². The van der Waals surface area contributed by atoms with E-state index in [2.05, 4.69) is 10.3 Å². The molecule has 14 heavy (non-hydrogen) atoms. The van der Waals surface area contributed by atoms with E-state index in [9.17, 15) is 0 Å². The molecule has 1 aliphatic carbocycles. The van der Waals surface area contributed by atoms with E-state index in [-0.39, 0.29) is 12.6 Å². The molecule has 0 aliphatic heterocycles. The van der Waals surface area contributed by atoms with Crippen LogP contribution in [0.25, 0.3) is 0 Å². The van der Waals surface area contributed by atoms with Crippen LogP contribution in [0, 0.1) is 5.92 Å². The van der Waals surface area contributed by atoms with Crippen LogP contribution in [0.3, 0.4) is 0 Å². The first-order valence-electron chi connectivity index (χ1n) is 5.34. The molecule has 2 unspecified atom stereocenters. The minimum atomic E-state index is 0.214. The van der Waals surface area contributed by atoms with Gasteiger partial charge >= 0.3 is 0 Å². The normalized spacial score (nSPS) is 28.4. The van der Waals surface area contributed by atoms with Crippen molar-refractivity contribution >= 4 is 5.96 Å². The van der Waals surface area contributed by atoms with Gasteiger partial charge in [0.1, 0.15) is 0 Å². The fraction of sp³-hybridized carbons (Fsp3) is 0.900. The SMILES string of the molecule is CC(C)NC(N)=NC1CCCC1CO. The minimum absolute atomic E-state index is 0.214. The van der Waals surface area contributed by atoms with Crippen molar-refractivity contribution in [1.29, 1.82) is 0 Å². The molecule has 0 aromatic rings. The largest absolute Gasteiger partial charge is 0.396 e. The van der Waals surface area contributed by atoms with Crippen molar-refractivity contribution in [3.8, 4) is 0 Å². The predicted octanol–water partition coefficient (Wildman–Crippen LogP) is 0.460. The third-order valence-corrected chi connectivity index (χ3v) is 2.59. The maximum atomic E-state index is 9.10. The summed E-state index contributed by atoms with van der Waals surface area (Å²) in [4.78, 5) is 4.39. The average Bonchev–Trinajstić information content (AvgIpc) is 2.50. The van der Waals surface area contributed by atoms with Crippen LogP contribution in [-0.2, 0) is 0 Å². The molecule has 1 aliphatic rings. The summed E-state index contributed by atoms with van der Waals surface area (Å²) < 4.78 is 0. The molecule has 4 N–H and O–H groups in total. The van der Waals surface area contributed by atoms with Gasteiger partial charge in [-0.15, -0.1) is 0 Å². The van der Waals surface area contributed by atoms with Crippen molar-refractivity contribution in [2.24, 2.45) is 16.6 Å². The number of nitrogens with two attached hydrogens (primary N) is 1. The summed E-state index contributed by atoms with van der Waals surface area (Å²) in [5.74, 6) is 0.813. The smallest absolute Gasteiger partial charge is 0.189 e. The van der Waals surface area contributed by atoms with E-state index in [1.165, 1.54) is 0 Å². The maximum Gasteiger partial charge on any atom is 0.189 e. The Balaban J connectivity index is 2.48. The highest BCUT2D eigenvalue weighted by Crippen LogP contribution is 2.27. The highest BCUT2D eigenvalue weighted by Gasteiger charge is 2.26. The first-order valence-corrected chi connectivity index (χ1v) is 5.34. The molecule has 2 atom stereocenters. The molecule has 0 radical (unpaired) electrons. The van der Waals surface area contributed by atoms with E-state index in [4.69, 9.17) is 10.8 Å². The lowest BCUT2D eigenvalue weighted by atomic mass is 10.1. The Morgan fingerprint density at radius 2 is 2.29 bits per heavy atom. The Hall–Kier alpha value is -0.770. The number of nitrogens with zero attached hydrogens (tertiary/aromatic N) is 1. The van der Waals surface area contributed by atoms with Crippen LogP contribution >= 0.6 is 0 Å². The molecule has 0 aromatic carbocycles. The molecule has 82 valence electrons. The van der Waals surface area contributed by atoms with Gasteiger partial charge in [0.2, 0.25) is 0 Å². The fourth-order valence-corrected chi connectivity index (χ4v) is 1.91. The van der Waals surface area contributed by atoms with Crippen LogP contribution < -0.4 is 11.1 Å². The Morgan fingerprint density at radius 3 is 2.86 bits per heavy atom. The van der Waals surface area contributed by atoms with Crippen molar-refractivity contribution in [2.45, 2.75) is 45.2 Å². The lowest BCUT2D eigenvalue weighted by Crippen LogP contribution is -2.38. The zero-order chi connectivity index (χ0) is 10.6. The van der Waals surface area contributed by atoms with Gasteiger partial charge in [0.25, 0.3) is 0 Å². The summed E-state index contributed by atoms with van der Waals surface area (Å²) >= 11 is 0. The lowest BCUT2D eigenvalue weighted by Gasteiger charge is -2.15. The van der Waals surface area contributed by atoms with Gasteiger partial charge < -0.3 is 16.2 Å².